The third-order valence-corrected chi connectivity index (χ3v) is 2.47. The SMILES string of the molecule is CCCn1cc(Cl)cc1C(=O)NCC(C)(C)N. The fraction of sp³-hybridized carbons (Fsp3) is 0.583. The van der Waals surface area contributed by atoms with Gasteiger partial charge in [-0.15, -0.1) is 0 Å². The van der Waals surface area contributed by atoms with Gasteiger partial charge in [-0.2, -0.15) is 0 Å². The molecule has 0 atom stereocenters. The van der Waals surface area contributed by atoms with Crippen LogP contribution in [-0.2, 0) is 6.54 Å². The molecule has 1 heterocycles. The van der Waals surface area contributed by atoms with E-state index in [1.165, 1.54) is 0 Å². The molecular weight excluding hydrogens is 238 g/mol. The quantitative estimate of drug-likeness (QED) is 0.848. The van der Waals surface area contributed by atoms with Gasteiger partial charge in [0.05, 0.1) is 5.02 Å². The molecule has 3 N–H and O–H groups in total. The Hall–Kier alpha value is -1.00. The van der Waals surface area contributed by atoms with Crippen LogP contribution in [0.1, 0.15) is 37.7 Å². The second kappa shape index (κ2) is 5.56. The summed E-state index contributed by atoms with van der Waals surface area (Å²) in [5, 5.41) is 3.39. The topological polar surface area (TPSA) is 60.0 Å². The molecule has 0 fully saturated rings. The molecule has 0 saturated heterocycles. The zero-order chi connectivity index (χ0) is 13.1. The van der Waals surface area contributed by atoms with E-state index in [4.69, 9.17) is 17.3 Å². The van der Waals surface area contributed by atoms with Crippen molar-refractivity contribution in [1.29, 1.82) is 0 Å². The molecule has 0 radical (unpaired) electrons. The molecule has 0 spiro atoms. The number of rotatable bonds is 5. The number of aryl methyl sites for hydroxylation is 1. The van der Waals surface area contributed by atoms with Gasteiger partial charge in [-0.25, -0.2) is 0 Å². The highest BCUT2D eigenvalue weighted by molar-refractivity contribution is 6.31. The molecule has 0 aliphatic carbocycles. The van der Waals surface area contributed by atoms with Gasteiger partial charge in [-0.1, -0.05) is 18.5 Å². The van der Waals surface area contributed by atoms with Gasteiger partial charge >= 0.3 is 0 Å². The zero-order valence-electron chi connectivity index (χ0n) is 10.6. The number of halogens is 1. The first-order valence-electron chi connectivity index (χ1n) is 5.76. The minimum absolute atomic E-state index is 0.135. The first kappa shape index (κ1) is 14.1. The summed E-state index contributed by atoms with van der Waals surface area (Å²) < 4.78 is 1.86. The van der Waals surface area contributed by atoms with Gasteiger partial charge < -0.3 is 15.6 Å². The third kappa shape index (κ3) is 4.40. The van der Waals surface area contributed by atoms with Crippen molar-refractivity contribution in [3.05, 3.63) is 23.0 Å². The number of nitrogens with one attached hydrogen (secondary N) is 1. The highest BCUT2D eigenvalue weighted by Crippen LogP contribution is 2.14. The van der Waals surface area contributed by atoms with Gasteiger partial charge in [0.15, 0.2) is 0 Å². The van der Waals surface area contributed by atoms with Crippen LogP contribution in [0, 0.1) is 0 Å². The Morgan fingerprint density at radius 2 is 2.24 bits per heavy atom. The molecule has 1 amide bonds. The predicted octanol–water partition coefficient (Wildman–Crippen LogP) is 2.02. The van der Waals surface area contributed by atoms with Crippen LogP contribution < -0.4 is 11.1 Å². The summed E-state index contributed by atoms with van der Waals surface area (Å²) in [5.41, 5.74) is 5.99. The maximum Gasteiger partial charge on any atom is 0.268 e. The van der Waals surface area contributed by atoms with Gasteiger partial charge in [0.25, 0.3) is 5.91 Å². The number of hydrogen-bond acceptors (Lipinski definition) is 2. The minimum atomic E-state index is -0.415. The van der Waals surface area contributed by atoms with E-state index in [2.05, 4.69) is 12.2 Å². The molecule has 96 valence electrons. The molecule has 0 bridgehead atoms. The highest BCUT2D eigenvalue weighted by Gasteiger charge is 2.16. The number of carbonyl (C=O) groups excluding carboxylic acids is 1. The van der Waals surface area contributed by atoms with Gasteiger partial charge in [-0.05, 0) is 26.3 Å². The Morgan fingerprint density at radius 1 is 1.59 bits per heavy atom. The largest absolute Gasteiger partial charge is 0.349 e. The minimum Gasteiger partial charge on any atom is -0.349 e. The van der Waals surface area contributed by atoms with Crippen molar-refractivity contribution >= 4 is 17.5 Å². The molecule has 17 heavy (non-hydrogen) atoms. The van der Waals surface area contributed by atoms with Crippen LogP contribution in [0.15, 0.2) is 12.3 Å². The van der Waals surface area contributed by atoms with Crippen molar-refractivity contribution in [3.63, 3.8) is 0 Å². The average molecular weight is 258 g/mol. The molecular formula is C12H20ClN3O. The van der Waals surface area contributed by atoms with Gasteiger partial charge in [0.1, 0.15) is 5.69 Å². The fourth-order valence-electron chi connectivity index (χ4n) is 1.49. The summed E-state index contributed by atoms with van der Waals surface area (Å²) in [6, 6.07) is 1.68. The summed E-state index contributed by atoms with van der Waals surface area (Å²) in [5.74, 6) is -0.135. The molecule has 0 aromatic carbocycles. The highest BCUT2D eigenvalue weighted by atomic mass is 35.5. The molecule has 4 nitrogen and oxygen atoms in total. The lowest BCUT2D eigenvalue weighted by Crippen LogP contribution is -2.45. The van der Waals surface area contributed by atoms with Crippen LogP contribution in [0.2, 0.25) is 5.02 Å². The van der Waals surface area contributed by atoms with E-state index in [9.17, 15) is 4.79 Å². The number of amides is 1. The molecule has 0 aliphatic heterocycles. The monoisotopic (exact) mass is 257 g/mol. The van der Waals surface area contributed by atoms with Crippen LogP contribution in [0.25, 0.3) is 0 Å². The van der Waals surface area contributed by atoms with Gasteiger partial charge in [-0.3, -0.25) is 4.79 Å². The van der Waals surface area contributed by atoms with Crippen LogP contribution in [-0.4, -0.2) is 22.6 Å². The molecule has 0 saturated carbocycles. The van der Waals surface area contributed by atoms with E-state index in [-0.39, 0.29) is 5.91 Å². The molecule has 5 heteroatoms. The number of nitrogens with zero attached hydrogens (tertiary/aromatic N) is 1. The standard InChI is InChI=1S/C12H20ClN3O/c1-4-5-16-7-9(13)6-10(16)11(17)15-8-12(2,3)14/h6-7H,4-5,8,14H2,1-3H3,(H,15,17). The second-order valence-electron chi connectivity index (χ2n) is 4.91. The molecule has 1 aromatic heterocycles. The first-order chi connectivity index (χ1) is 7.83. The van der Waals surface area contributed by atoms with Crippen LogP contribution in [0.5, 0.6) is 0 Å². The van der Waals surface area contributed by atoms with E-state index in [0.717, 1.165) is 13.0 Å². The van der Waals surface area contributed by atoms with E-state index < -0.39 is 5.54 Å². The molecule has 0 aliphatic rings. The lowest BCUT2D eigenvalue weighted by atomic mass is 10.1. The molecule has 1 rings (SSSR count). The average Bonchev–Trinajstić information content (AvgIpc) is 2.55. The van der Waals surface area contributed by atoms with Gasteiger partial charge in [0, 0.05) is 24.8 Å². The number of aromatic nitrogens is 1. The Labute approximate surface area is 107 Å². The summed E-state index contributed by atoms with van der Waals surface area (Å²) >= 11 is 5.91. The van der Waals surface area contributed by atoms with Crippen molar-refractivity contribution in [2.45, 2.75) is 39.3 Å². The Kier molecular flexibility index (Phi) is 4.60. The summed E-state index contributed by atoms with van der Waals surface area (Å²) in [6.07, 6.45) is 2.72. The van der Waals surface area contributed by atoms with Crippen LogP contribution >= 0.6 is 11.6 Å². The van der Waals surface area contributed by atoms with E-state index in [1.807, 2.05) is 18.4 Å². The first-order valence-corrected chi connectivity index (χ1v) is 6.14. The second-order valence-corrected chi connectivity index (χ2v) is 5.34. The number of hydrogen-bond donors (Lipinski definition) is 2. The summed E-state index contributed by atoms with van der Waals surface area (Å²) in [7, 11) is 0. The van der Waals surface area contributed by atoms with Crippen molar-refractivity contribution < 1.29 is 4.79 Å². The maximum atomic E-state index is 12.0. The number of nitrogens with two attached hydrogens (primary N) is 1. The van der Waals surface area contributed by atoms with Gasteiger partial charge in [0.2, 0.25) is 0 Å². The van der Waals surface area contributed by atoms with Crippen molar-refractivity contribution in [2.24, 2.45) is 5.73 Å². The lowest BCUT2D eigenvalue weighted by molar-refractivity contribution is 0.0936. The molecule has 0 unspecified atom stereocenters. The summed E-state index contributed by atoms with van der Waals surface area (Å²) in [4.78, 5) is 12.0. The maximum absolute atomic E-state index is 12.0. The van der Waals surface area contributed by atoms with Crippen molar-refractivity contribution in [2.75, 3.05) is 6.54 Å². The van der Waals surface area contributed by atoms with Crippen molar-refractivity contribution in [1.82, 2.24) is 9.88 Å². The Morgan fingerprint density at radius 3 is 2.76 bits per heavy atom. The normalized spacial score (nSPS) is 11.6. The van der Waals surface area contributed by atoms with Crippen LogP contribution in [0.4, 0.5) is 0 Å². The number of carbonyl (C=O) groups is 1. The summed E-state index contributed by atoms with van der Waals surface area (Å²) in [6.45, 7) is 7.00. The van der Waals surface area contributed by atoms with E-state index >= 15 is 0 Å². The van der Waals surface area contributed by atoms with Crippen LogP contribution in [0.3, 0.4) is 0 Å². The Bertz CT molecular complexity index is 393. The lowest BCUT2D eigenvalue weighted by Gasteiger charge is -2.19. The molecule has 1 aromatic rings. The Balaban J connectivity index is 2.74. The van der Waals surface area contributed by atoms with Crippen molar-refractivity contribution in [3.8, 4) is 0 Å². The van der Waals surface area contributed by atoms with E-state index in [1.54, 1.807) is 12.3 Å². The van der Waals surface area contributed by atoms with E-state index in [0.29, 0.717) is 17.3 Å². The zero-order valence-corrected chi connectivity index (χ0v) is 11.3. The smallest absolute Gasteiger partial charge is 0.268 e. The third-order valence-electron chi connectivity index (χ3n) is 2.26. The fourth-order valence-corrected chi connectivity index (χ4v) is 1.71. The predicted molar refractivity (Wildman–Crippen MR) is 70.3 cm³/mol.